The number of carbonyl (C=O) groups is 1. The standard InChI is InChI=1S/C17H17F2N3O/c1-10(23)22-16-5-4-12(9-21-16)13-7-11-3-2-6-20-15(11)8-14(13)17(18)19/h4-5,7-9,17,20H,2-3,6H2,1H3,(H,21,22,23). The molecule has 2 N–H and O–H groups in total. The number of anilines is 2. The molecule has 0 saturated carbocycles. The van der Waals surface area contributed by atoms with Gasteiger partial charge in [0, 0.05) is 36.5 Å². The van der Waals surface area contributed by atoms with E-state index >= 15 is 0 Å². The number of hydrogen-bond acceptors (Lipinski definition) is 3. The van der Waals surface area contributed by atoms with Crippen LogP contribution in [0.5, 0.6) is 0 Å². The second-order valence-corrected chi connectivity index (χ2v) is 5.54. The molecule has 1 aromatic heterocycles. The molecule has 0 radical (unpaired) electrons. The average Bonchev–Trinajstić information content (AvgIpc) is 2.53. The average molecular weight is 317 g/mol. The second-order valence-electron chi connectivity index (χ2n) is 5.54. The Morgan fingerprint density at radius 2 is 2.17 bits per heavy atom. The quantitative estimate of drug-likeness (QED) is 0.899. The highest BCUT2D eigenvalue weighted by molar-refractivity contribution is 5.87. The van der Waals surface area contributed by atoms with Gasteiger partial charge in [-0.15, -0.1) is 0 Å². The third kappa shape index (κ3) is 3.31. The monoisotopic (exact) mass is 317 g/mol. The Kier molecular flexibility index (Phi) is 4.23. The van der Waals surface area contributed by atoms with Crippen molar-refractivity contribution in [3.05, 3.63) is 41.6 Å². The molecule has 1 aliphatic heterocycles. The van der Waals surface area contributed by atoms with Crippen LogP contribution in [0.4, 0.5) is 20.3 Å². The van der Waals surface area contributed by atoms with Crippen LogP contribution in [0.3, 0.4) is 0 Å². The van der Waals surface area contributed by atoms with Crippen LogP contribution in [-0.2, 0) is 11.2 Å². The number of alkyl halides is 2. The van der Waals surface area contributed by atoms with E-state index in [9.17, 15) is 13.6 Å². The number of pyridine rings is 1. The normalized spacial score (nSPS) is 13.4. The van der Waals surface area contributed by atoms with E-state index in [-0.39, 0.29) is 11.5 Å². The van der Waals surface area contributed by atoms with E-state index in [0.29, 0.717) is 16.9 Å². The first-order chi connectivity index (χ1) is 11.0. The van der Waals surface area contributed by atoms with Crippen LogP contribution < -0.4 is 10.6 Å². The van der Waals surface area contributed by atoms with E-state index in [1.54, 1.807) is 12.1 Å². The summed E-state index contributed by atoms with van der Waals surface area (Å²) in [5, 5.41) is 5.73. The molecule has 120 valence electrons. The summed E-state index contributed by atoms with van der Waals surface area (Å²) in [6.45, 7) is 2.20. The molecule has 0 fully saturated rings. The summed E-state index contributed by atoms with van der Waals surface area (Å²) in [5.74, 6) is 0.179. The van der Waals surface area contributed by atoms with E-state index in [1.807, 2.05) is 6.07 Å². The molecule has 0 bridgehead atoms. The first-order valence-corrected chi connectivity index (χ1v) is 7.47. The summed E-state index contributed by atoms with van der Waals surface area (Å²) in [6.07, 6.45) is 0.806. The van der Waals surface area contributed by atoms with Crippen LogP contribution in [-0.4, -0.2) is 17.4 Å². The molecular weight excluding hydrogens is 300 g/mol. The van der Waals surface area contributed by atoms with Crippen LogP contribution >= 0.6 is 0 Å². The van der Waals surface area contributed by atoms with Crippen molar-refractivity contribution >= 4 is 17.4 Å². The molecule has 0 saturated heterocycles. The molecule has 0 atom stereocenters. The molecule has 0 spiro atoms. The van der Waals surface area contributed by atoms with Gasteiger partial charge >= 0.3 is 0 Å². The Hall–Kier alpha value is -2.50. The summed E-state index contributed by atoms with van der Waals surface area (Å²) in [7, 11) is 0. The number of aryl methyl sites for hydroxylation is 1. The summed E-state index contributed by atoms with van der Waals surface area (Å²) < 4.78 is 26.9. The van der Waals surface area contributed by atoms with Crippen molar-refractivity contribution in [3.63, 3.8) is 0 Å². The van der Waals surface area contributed by atoms with E-state index in [4.69, 9.17) is 0 Å². The van der Waals surface area contributed by atoms with Crippen LogP contribution in [0, 0.1) is 0 Å². The van der Waals surface area contributed by atoms with Crippen LogP contribution in [0.1, 0.15) is 30.9 Å². The lowest BCUT2D eigenvalue weighted by Gasteiger charge is -2.21. The number of hydrogen-bond donors (Lipinski definition) is 2. The number of rotatable bonds is 3. The fraction of sp³-hybridized carbons (Fsp3) is 0.294. The summed E-state index contributed by atoms with van der Waals surface area (Å²) >= 11 is 0. The van der Waals surface area contributed by atoms with E-state index in [1.165, 1.54) is 19.2 Å². The second kappa shape index (κ2) is 6.32. The first kappa shape index (κ1) is 15.4. The number of nitrogens with one attached hydrogen (secondary N) is 2. The third-order valence-electron chi connectivity index (χ3n) is 3.83. The molecule has 4 nitrogen and oxygen atoms in total. The van der Waals surface area contributed by atoms with Crippen LogP contribution in [0.2, 0.25) is 0 Å². The van der Waals surface area contributed by atoms with Crippen molar-refractivity contribution in [1.82, 2.24) is 4.98 Å². The van der Waals surface area contributed by atoms with Gasteiger partial charge in [0.1, 0.15) is 5.82 Å². The summed E-state index contributed by atoms with van der Waals surface area (Å²) in [6, 6.07) is 6.67. The number of aromatic nitrogens is 1. The van der Waals surface area contributed by atoms with Crippen LogP contribution in [0.15, 0.2) is 30.5 Å². The van der Waals surface area contributed by atoms with E-state index < -0.39 is 6.43 Å². The number of carbonyl (C=O) groups excluding carboxylic acids is 1. The molecule has 1 amide bonds. The summed E-state index contributed by atoms with van der Waals surface area (Å²) in [5.41, 5.74) is 2.93. The summed E-state index contributed by atoms with van der Waals surface area (Å²) in [4.78, 5) is 15.1. The minimum Gasteiger partial charge on any atom is -0.385 e. The van der Waals surface area contributed by atoms with Gasteiger partial charge in [0.05, 0.1) is 0 Å². The molecule has 2 aromatic rings. The van der Waals surface area contributed by atoms with Crippen molar-refractivity contribution in [2.24, 2.45) is 0 Å². The lowest BCUT2D eigenvalue weighted by molar-refractivity contribution is -0.114. The fourth-order valence-corrected chi connectivity index (χ4v) is 2.77. The van der Waals surface area contributed by atoms with Gasteiger partial charge in [-0.3, -0.25) is 4.79 Å². The largest absolute Gasteiger partial charge is 0.385 e. The lowest BCUT2D eigenvalue weighted by Crippen LogP contribution is -2.12. The van der Waals surface area contributed by atoms with E-state index in [2.05, 4.69) is 15.6 Å². The zero-order chi connectivity index (χ0) is 16.4. The lowest BCUT2D eigenvalue weighted by atomic mass is 9.93. The Morgan fingerprint density at radius 1 is 1.35 bits per heavy atom. The highest BCUT2D eigenvalue weighted by Gasteiger charge is 2.19. The number of halogens is 2. The van der Waals surface area contributed by atoms with Crippen molar-refractivity contribution < 1.29 is 13.6 Å². The van der Waals surface area contributed by atoms with Gasteiger partial charge in [0.15, 0.2) is 0 Å². The van der Waals surface area contributed by atoms with Gasteiger partial charge in [-0.1, -0.05) is 0 Å². The number of amides is 1. The Bertz CT molecular complexity index is 729. The molecule has 3 rings (SSSR count). The zero-order valence-electron chi connectivity index (χ0n) is 12.7. The smallest absolute Gasteiger partial charge is 0.264 e. The Labute approximate surface area is 132 Å². The van der Waals surface area contributed by atoms with Gasteiger partial charge in [0.2, 0.25) is 5.91 Å². The van der Waals surface area contributed by atoms with Crippen LogP contribution in [0.25, 0.3) is 11.1 Å². The minimum absolute atomic E-state index is 0.00720. The van der Waals surface area contributed by atoms with Crippen molar-refractivity contribution in [2.45, 2.75) is 26.2 Å². The Morgan fingerprint density at radius 3 is 2.83 bits per heavy atom. The zero-order valence-corrected chi connectivity index (χ0v) is 12.7. The van der Waals surface area contributed by atoms with Gasteiger partial charge in [0.25, 0.3) is 6.43 Å². The van der Waals surface area contributed by atoms with E-state index in [0.717, 1.165) is 30.6 Å². The maximum absolute atomic E-state index is 13.4. The molecular formula is C17H17F2N3O. The molecule has 2 heterocycles. The predicted octanol–water partition coefficient (Wildman–Crippen LogP) is 4.00. The molecule has 0 unspecified atom stereocenters. The van der Waals surface area contributed by atoms with Gasteiger partial charge in [-0.05, 0) is 48.2 Å². The highest BCUT2D eigenvalue weighted by Crippen LogP contribution is 2.37. The number of nitrogens with zero attached hydrogens (tertiary/aromatic N) is 1. The van der Waals surface area contributed by atoms with Crippen molar-refractivity contribution in [2.75, 3.05) is 17.2 Å². The number of benzene rings is 1. The molecule has 6 heteroatoms. The fourth-order valence-electron chi connectivity index (χ4n) is 2.77. The van der Waals surface area contributed by atoms with Crippen molar-refractivity contribution in [3.8, 4) is 11.1 Å². The van der Waals surface area contributed by atoms with Gasteiger partial charge < -0.3 is 10.6 Å². The number of fused-ring (bicyclic) bond motifs is 1. The van der Waals surface area contributed by atoms with Gasteiger partial charge in [-0.2, -0.15) is 0 Å². The molecule has 1 aromatic carbocycles. The minimum atomic E-state index is -2.56. The van der Waals surface area contributed by atoms with Gasteiger partial charge in [-0.25, -0.2) is 13.8 Å². The highest BCUT2D eigenvalue weighted by atomic mass is 19.3. The maximum Gasteiger partial charge on any atom is 0.264 e. The first-order valence-electron chi connectivity index (χ1n) is 7.47. The molecule has 1 aliphatic rings. The maximum atomic E-state index is 13.4. The third-order valence-corrected chi connectivity index (χ3v) is 3.83. The topological polar surface area (TPSA) is 54.0 Å². The van der Waals surface area contributed by atoms with Crippen molar-refractivity contribution in [1.29, 1.82) is 0 Å². The molecule has 0 aliphatic carbocycles. The predicted molar refractivity (Wildman–Crippen MR) is 85.7 cm³/mol. The Balaban J connectivity index is 2.02. The SMILES string of the molecule is CC(=O)Nc1ccc(-c2cc3c(cc2C(F)F)NCCC3)cn1. The molecule has 23 heavy (non-hydrogen) atoms.